The zero-order valence-corrected chi connectivity index (χ0v) is 13.5. The molecule has 5 heteroatoms. The minimum absolute atomic E-state index is 0.311. The van der Waals surface area contributed by atoms with Gasteiger partial charge >= 0.3 is 0 Å². The highest BCUT2D eigenvalue weighted by atomic mass is 35.5. The third-order valence-corrected chi connectivity index (χ3v) is 3.56. The van der Waals surface area contributed by atoms with Crippen LogP contribution in [0.2, 0.25) is 10.0 Å². The standard InChI is InChI=1S/C15H17Cl2N3/c1-8(2)12-13(9(3)4)19-15(18-12)20-14-10(16)6-5-7-11(14)17/h5-9H,1-4H3. The molecule has 3 nitrogen and oxygen atoms in total. The fourth-order valence-corrected chi connectivity index (χ4v) is 2.43. The number of para-hydroxylation sites is 1. The van der Waals surface area contributed by atoms with E-state index < -0.39 is 0 Å². The summed E-state index contributed by atoms with van der Waals surface area (Å²) in [6.07, 6.45) is 0. The van der Waals surface area contributed by atoms with Crippen LogP contribution < -0.4 is 0 Å². The molecule has 0 bridgehead atoms. The maximum atomic E-state index is 6.12. The van der Waals surface area contributed by atoms with E-state index in [2.05, 4.69) is 42.7 Å². The number of rotatable bonds is 3. The van der Waals surface area contributed by atoms with Crippen molar-refractivity contribution in [1.29, 1.82) is 0 Å². The van der Waals surface area contributed by atoms with Crippen molar-refractivity contribution in [3.8, 4) is 0 Å². The van der Waals surface area contributed by atoms with E-state index in [4.69, 9.17) is 23.2 Å². The Hall–Kier alpha value is -1.19. The molecule has 0 saturated heterocycles. The minimum atomic E-state index is 0.311. The van der Waals surface area contributed by atoms with Crippen molar-refractivity contribution in [2.45, 2.75) is 27.7 Å². The molecular weight excluding hydrogens is 293 g/mol. The monoisotopic (exact) mass is 309 g/mol. The molecule has 1 aromatic carbocycles. The van der Waals surface area contributed by atoms with Crippen LogP contribution >= 0.6 is 23.2 Å². The second kappa shape index (κ2) is 6.06. The molecule has 0 amide bonds. The van der Waals surface area contributed by atoms with Crippen LogP contribution in [0.15, 0.2) is 33.2 Å². The zero-order chi connectivity index (χ0) is 14.9. The molecule has 0 radical (unpaired) electrons. The first kappa shape index (κ1) is 15.2. The van der Waals surface area contributed by atoms with Crippen molar-refractivity contribution in [2.24, 2.45) is 26.8 Å². The fraction of sp³-hybridized carbons (Fsp3) is 0.400. The van der Waals surface area contributed by atoms with Gasteiger partial charge in [-0.25, -0.2) is 15.0 Å². The molecule has 0 N–H and O–H groups in total. The summed E-state index contributed by atoms with van der Waals surface area (Å²) >= 11 is 12.2. The van der Waals surface area contributed by atoms with E-state index in [1.807, 2.05) is 0 Å². The summed E-state index contributed by atoms with van der Waals surface area (Å²) in [5, 5.41) is 0.999. The maximum Gasteiger partial charge on any atom is 0.250 e. The molecule has 0 saturated carbocycles. The molecule has 1 aromatic rings. The van der Waals surface area contributed by atoms with Crippen LogP contribution in [0, 0.1) is 11.8 Å². The van der Waals surface area contributed by atoms with E-state index in [1.165, 1.54) is 0 Å². The maximum absolute atomic E-state index is 6.12. The van der Waals surface area contributed by atoms with E-state index in [-0.39, 0.29) is 0 Å². The largest absolute Gasteiger partial charge is 0.250 e. The molecule has 0 unspecified atom stereocenters. The zero-order valence-electron chi connectivity index (χ0n) is 12.0. The summed E-state index contributed by atoms with van der Waals surface area (Å²) in [6, 6.07) is 5.29. The van der Waals surface area contributed by atoms with E-state index in [0.717, 1.165) is 11.4 Å². The molecule has 1 aliphatic heterocycles. The Morgan fingerprint density at radius 2 is 1.35 bits per heavy atom. The lowest BCUT2D eigenvalue weighted by Crippen LogP contribution is -2.22. The number of aliphatic imine (C=N–C) groups is 3. The topological polar surface area (TPSA) is 37.1 Å². The lowest BCUT2D eigenvalue weighted by Gasteiger charge is -2.09. The average Bonchev–Trinajstić information content (AvgIpc) is 2.78. The number of guanidine groups is 1. The number of hydrogen-bond donors (Lipinski definition) is 0. The predicted molar refractivity (Wildman–Crippen MR) is 88.1 cm³/mol. The molecule has 20 heavy (non-hydrogen) atoms. The van der Waals surface area contributed by atoms with Crippen molar-refractivity contribution >= 4 is 46.3 Å². The Morgan fingerprint density at radius 1 is 0.900 bits per heavy atom. The van der Waals surface area contributed by atoms with E-state index >= 15 is 0 Å². The highest BCUT2D eigenvalue weighted by molar-refractivity contribution is 6.49. The normalized spacial score (nSPS) is 14.9. The van der Waals surface area contributed by atoms with Crippen LogP contribution in [0.3, 0.4) is 0 Å². The average molecular weight is 310 g/mol. The summed E-state index contributed by atoms with van der Waals surface area (Å²) in [6.45, 7) is 8.40. The van der Waals surface area contributed by atoms with Gasteiger partial charge in [0.2, 0.25) is 0 Å². The lowest BCUT2D eigenvalue weighted by atomic mass is 9.96. The third-order valence-electron chi connectivity index (χ3n) is 2.95. The van der Waals surface area contributed by atoms with Crippen LogP contribution in [0.5, 0.6) is 0 Å². The molecule has 0 aromatic heterocycles. The van der Waals surface area contributed by atoms with Crippen molar-refractivity contribution in [1.82, 2.24) is 0 Å². The molecular formula is C15H17Cl2N3. The van der Waals surface area contributed by atoms with Crippen molar-refractivity contribution in [3.63, 3.8) is 0 Å². The van der Waals surface area contributed by atoms with Crippen LogP contribution in [0.1, 0.15) is 27.7 Å². The Balaban J connectivity index is 2.47. The Labute approximate surface area is 129 Å². The van der Waals surface area contributed by atoms with Crippen molar-refractivity contribution < 1.29 is 0 Å². The van der Waals surface area contributed by atoms with Gasteiger partial charge in [-0.2, -0.15) is 0 Å². The van der Waals surface area contributed by atoms with Crippen LogP contribution in [-0.4, -0.2) is 17.4 Å². The van der Waals surface area contributed by atoms with Gasteiger partial charge in [-0.05, 0) is 24.0 Å². The molecule has 1 aliphatic rings. The van der Waals surface area contributed by atoms with Gasteiger partial charge in [0.1, 0.15) is 5.69 Å². The fourth-order valence-electron chi connectivity index (χ4n) is 1.95. The first-order valence-corrected chi connectivity index (χ1v) is 7.36. The first-order chi connectivity index (χ1) is 9.40. The second-order valence-corrected chi connectivity index (χ2v) is 6.10. The highest BCUT2D eigenvalue weighted by Crippen LogP contribution is 2.33. The van der Waals surface area contributed by atoms with E-state index in [1.54, 1.807) is 18.2 Å². The van der Waals surface area contributed by atoms with Crippen molar-refractivity contribution in [3.05, 3.63) is 28.2 Å². The molecule has 0 spiro atoms. The van der Waals surface area contributed by atoms with Crippen LogP contribution in [0.4, 0.5) is 5.69 Å². The third kappa shape index (κ3) is 3.10. The number of hydrogen-bond acceptors (Lipinski definition) is 1. The van der Waals surface area contributed by atoms with Gasteiger partial charge < -0.3 is 0 Å². The highest BCUT2D eigenvalue weighted by Gasteiger charge is 2.23. The van der Waals surface area contributed by atoms with Gasteiger partial charge in [-0.1, -0.05) is 57.0 Å². The number of halogens is 2. The minimum Gasteiger partial charge on any atom is -0.214 e. The Bertz CT molecular complexity index is 567. The smallest absolute Gasteiger partial charge is 0.214 e. The number of benzene rings is 1. The Morgan fingerprint density at radius 3 is 1.75 bits per heavy atom. The quantitative estimate of drug-likeness (QED) is 0.737. The van der Waals surface area contributed by atoms with Crippen LogP contribution in [-0.2, 0) is 0 Å². The van der Waals surface area contributed by atoms with Crippen LogP contribution in [0.25, 0.3) is 0 Å². The van der Waals surface area contributed by atoms with Gasteiger partial charge in [0.15, 0.2) is 0 Å². The summed E-state index contributed by atoms with van der Waals surface area (Å²) in [4.78, 5) is 13.4. The van der Waals surface area contributed by atoms with Gasteiger partial charge in [-0.3, -0.25) is 0 Å². The van der Waals surface area contributed by atoms with Gasteiger partial charge in [-0.15, -0.1) is 0 Å². The second-order valence-electron chi connectivity index (χ2n) is 5.29. The van der Waals surface area contributed by atoms with Gasteiger partial charge in [0.05, 0.1) is 21.5 Å². The van der Waals surface area contributed by atoms with Gasteiger partial charge in [0, 0.05) is 0 Å². The summed E-state index contributed by atoms with van der Waals surface area (Å²) in [7, 11) is 0. The molecule has 106 valence electrons. The predicted octanol–water partition coefficient (Wildman–Crippen LogP) is 5.19. The molecule has 0 atom stereocenters. The SMILES string of the molecule is CC(C)C1=NC(=Nc2c(Cl)cccc2Cl)N=C1C(C)C. The Kier molecular flexibility index (Phi) is 4.61. The number of nitrogens with zero attached hydrogens (tertiary/aromatic N) is 3. The summed E-state index contributed by atoms with van der Waals surface area (Å²) < 4.78 is 0. The molecule has 0 fully saturated rings. The summed E-state index contributed by atoms with van der Waals surface area (Å²) in [5.41, 5.74) is 2.50. The molecule has 0 aliphatic carbocycles. The first-order valence-electron chi connectivity index (χ1n) is 6.60. The molecule has 1 heterocycles. The molecule has 2 rings (SSSR count). The van der Waals surface area contributed by atoms with Gasteiger partial charge in [0.25, 0.3) is 5.96 Å². The lowest BCUT2D eigenvalue weighted by molar-refractivity contribution is 0.862. The van der Waals surface area contributed by atoms with Crippen molar-refractivity contribution in [2.75, 3.05) is 0 Å². The van der Waals surface area contributed by atoms with E-state index in [0.29, 0.717) is 33.5 Å². The summed E-state index contributed by atoms with van der Waals surface area (Å²) in [5.74, 6) is 1.04. The van der Waals surface area contributed by atoms with E-state index in [9.17, 15) is 0 Å².